The van der Waals surface area contributed by atoms with Crippen LogP contribution in [0.5, 0.6) is 0 Å². The zero-order valence-electron chi connectivity index (χ0n) is 16.9. The predicted molar refractivity (Wildman–Crippen MR) is 99.0 cm³/mol. The minimum absolute atomic E-state index is 0.0122. The number of halogens is 3. The number of likely N-dealkylation sites (N-methyl/N-ethyl adjacent to an activating group) is 1. The van der Waals surface area contributed by atoms with Crippen LogP contribution in [0, 0.1) is 6.92 Å². The number of aliphatic carboxylic acids is 1. The number of carboxylic acid groups (broad SMARTS) is 1. The lowest BCUT2D eigenvalue weighted by Crippen LogP contribution is -2.42. The lowest BCUT2D eigenvalue weighted by molar-refractivity contribution is -0.192. The fourth-order valence-corrected chi connectivity index (χ4v) is 3.17. The molecule has 0 radical (unpaired) electrons. The van der Waals surface area contributed by atoms with Gasteiger partial charge in [-0.3, -0.25) is 4.79 Å². The Kier molecular flexibility index (Phi) is 7.96. The number of ether oxygens (including phenoxy) is 2. The van der Waals surface area contributed by atoms with E-state index in [1.165, 1.54) is 4.90 Å². The second-order valence-corrected chi connectivity index (χ2v) is 7.17. The molecular formula is C18H25F3N4O5. The Morgan fingerprint density at radius 2 is 2.00 bits per heavy atom. The van der Waals surface area contributed by atoms with Crippen molar-refractivity contribution >= 4 is 17.7 Å². The van der Waals surface area contributed by atoms with Crippen LogP contribution in [0.1, 0.15) is 18.5 Å². The van der Waals surface area contributed by atoms with Gasteiger partial charge in [0.15, 0.2) is 5.82 Å². The molecule has 0 aromatic carbocycles. The third-order valence-electron chi connectivity index (χ3n) is 4.72. The van der Waals surface area contributed by atoms with Gasteiger partial charge in [0.25, 0.3) is 0 Å². The fourth-order valence-electron chi connectivity index (χ4n) is 3.17. The number of carbonyl (C=O) groups excluding carboxylic acids is 1. The van der Waals surface area contributed by atoms with E-state index in [9.17, 15) is 18.0 Å². The number of anilines is 1. The molecule has 0 unspecified atom stereocenters. The average molecular weight is 434 g/mol. The van der Waals surface area contributed by atoms with Crippen molar-refractivity contribution in [2.24, 2.45) is 0 Å². The number of fused-ring (bicyclic) bond motifs is 1. The van der Waals surface area contributed by atoms with Crippen LogP contribution in [-0.2, 0) is 19.1 Å². The first-order valence-corrected chi connectivity index (χ1v) is 9.31. The van der Waals surface area contributed by atoms with Gasteiger partial charge in [0.2, 0.25) is 5.91 Å². The molecule has 0 aliphatic carbocycles. The smallest absolute Gasteiger partial charge is 0.475 e. The van der Waals surface area contributed by atoms with Gasteiger partial charge in [-0.25, -0.2) is 4.79 Å². The Morgan fingerprint density at radius 3 is 2.53 bits per heavy atom. The predicted octanol–water partition coefficient (Wildman–Crippen LogP) is 1.26. The van der Waals surface area contributed by atoms with Gasteiger partial charge in [-0.15, -0.1) is 5.10 Å². The zero-order valence-corrected chi connectivity index (χ0v) is 16.9. The fraction of sp³-hybridized carbons (Fsp3) is 0.667. The maximum absolute atomic E-state index is 11.8. The van der Waals surface area contributed by atoms with Crippen LogP contribution < -0.4 is 4.90 Å². The highest BCUT2D eigenvalue weighted by molar-refractivity contribution is 5.76. The number of aromatic nitrogens is 2. The second kappa shape index (κ2) is 10.0. The van der Waals surface area contributed by atoms with Crippen LogP contribution in [0.15, 0.2) is 12.1 Å². The standard InChI is InChI=1S/C16H24N4O3.C2HF3O2/c1-11-6-7-14(18-17-11)20-9-13(23-10-15(21)19(2)3)16-12(20)5-4-8-22-16;3-2(4,5)1(6)7/h6-7,12-13,16H,4-5,8-10H2,1-3H3;(H,6,7)/t12-,13-,16+;/m1./s1. The number of nitrogens with zero attached hydrogens (tertiary/aromatic N) is 4. The number of rotatable bonds is 4. The minimum Gasteiger partial charge on any atom is -0.475 e. The molecule has 3 rings (SSSR count). The Balaban J connectivity index is 0.000000396. The van der Waals surface area contributed by atoms with E-state index in [0.717, 1.165) is 31.0 Å². The van der Waals surface area contributed by atoms with Crippen LogP contribution >= 0.6 is 0 Å². The van der Waals surface area contributed by atoms with Crippen LogP contribution in [0.25, 0.3) is 0 Å². The lowest BCUT2D eigenvalue weighted by Gasteiger charge is -2.32. The van der Waals surface area contributed by atoms with Crippen LogP contribution in [0.3, 0.4) is 0 Å². The van der Waals surface area contributed by atoms with Crippen molar-refractivity contribution in [3.8, 4) is 0 Å². The molecule has 2 fully saturated rings. The van der Waals surface area contributed by atoms with Crippen molar-refractivity contribution in [2.45, 2.75) is 44.2 Å². The Morgan fingerprint density at radius 1 is 1.33 bits per heavy atom. The lowest BCUT2D eigenvalue weighted by atomic mass is 10.0. The zero-order chi connectivity index (χ0) is 22.5. The maximum Gasteiger partial charge on any atom is 0.490 e. The van der Waals surface area contributed by atoms with Gasteiger partial charge >= 0.3 is 12.1 Å². The highest BCUT2D eigenvalue weighted by atomic mass is 19.4. The van der Waals surface area contributed by atoms with Gasteiger partial charge in [-0.05, 0) is 31.9 Å². The molecule has 2 aliphatic heterocycles. The van der Waals surface area contributed by atoms with E-state index in [1.807, 2.05) is 19.1 Å². The first kappa shape index (κ1) is 23.8. The summed E-state index contributed by atoms with van der Waals surface area (Å²) in [6.07, 6.45) is -3.14. The number of carbonyl (C=O) groups is 2. The summed E-state index contributed by atoms with van der Waals surface area (Å²) in [7, 11) is 3.46. The maximum atomic E-state index is 11.8. The molecule has 30 heavy (non-hydrogen) atoms. The molecule has 0 saturated carbocycles. The molecule has 1 N–H and O–H groups in total. The van der Waals surface area contributed by atoms with Gasteiger partial charge in [-0.1, -0.05) is 0 Å². The van der Waals surface area contributed by atoms with Crippen molar-refractivity contribution in [3.63, 3.8) is 0 Å². The molecule has 1 aromatic rings. The third-order valence-corrected chi connectivity index (χ3v) is 4.72. The van der Waals surface area contributed by atoms with Crippen molar-refractivity contribution in [3.05, 3.63) is 17.8 Å². The minimum atomic E-state index is -5.08. The van der Waals surface area contributed by atoms with E-state index < -0.39 is 12.1 Å². The molecule has 0 spiro atoms. The van der Waals surface area contributed by atoms with E-state index in [1.54, 1.807) is 14.1 Å². The number of alkyl halides is 3. The van der Waals surface area contributed by atoms with Crippen LogP contribution in [0.2, 0.25) is 0 Å². The van der Waals surface area contributed by atoms with Gasteiger partial charge in [-0.2, -0.15) is 18.3 Å². The van der Waals surface area contributed by atoms with E-state index >= 15 is 0 Å². The van der Waals surface area contributed by atoms with Crippen molar-refractivity contribution < 1.29 is 37.3 Å². The van der Waals surface area contributed by atoms with Crippen molar-refractivity contribution in [1.29, 1.82) is 0 Å². The number of carboxylic acids is 1. The molecule has 3 heterocycles. The molecule has 1 amide bonds. The summed E-state index contributed by atoms with van der Waals surface area (Å²) >= 11 is 0. The van der Waals surface area contributed by atoms with Gasteiger partial charge in [0, 0.05) is 27.2 Å². The monoisotopic (exact) mass is 434 g/mol. The molecular weight excluding hydrogens is 409 g/mol. The number of amides is 1. The average Bonchev–Trinajstić information content (AvgIpc) is 3.05. The summed E-state index contributed by atoms with van der Waals surface area (Å²) in [6.45, 7) is 3.42. The Bertz CT molecular complexity index is 730. The molecule has 12 heteroatoms. The SMILES string of the molecule is Cc1ccc(N2C[C@@H](OCC(=O)N(C)C)[C@H]3OCCC[C@H]32)nn1.O=C(O)C(F)(F)F. The summed E-state index contributed by atoms with van der Waals surface area (Å²) in [5, 5.41) is 15.6. The molecule has 1 aromatic heterocycles. The van der Waals surface area contributed by atoms with Gasteiger partial charge in [0.05, 0.1) is 11.7 Å². The number of hydrogen-bond donors (Lipinski definition) is 1. The normalized spacial score (nSPS) is 23.3. The summed E-state index contributed by atoms with van der Waals surface area (Å²) in [5.74, 6) is -1.94. The van der Waals surface area contributed by atoms with Crippen LogP contribution in [-0.4, -0.2) is 90.4 Å². The van der Waals surface area contributed by atoms with Gasteiger partial charge in [0.1, 0.15) is 18.8 Å². The Labute approximate surface area is 171 Å². The summed E-state index contributed by atoms with van der Waals surface area (Å²) in [6, 6.07) is 4.19. The van der Waals surface area contributed by atoms with Crippen molar-refractivity contribution in [1.82, 2.24) is 15.1 Å². The first-order chi connectivity index (χ1) is 14.0. The van der Waals surface area contributed by atoms with Crippen molar-refractivity contribution in [2.75, 3.05) is 38.8 Å². The van der Waals surface area contributed by atoms with E-state index in [2.05, 4.69) is 15.1 Å². The summed E-state index contributed by atoms with van der Waals surface area (Å²) < 4.78 is 43.5. The van der Waals surface area contributed by atoms with Crippen LogP contribution in [0.4, 0.5) is 19.0 Å². The molecule has 2 saturated heterocycles. The topological polar surface area (TPSA) is 105 Å². The summed E-state index contributed by atoms with van der Waals surface area (Å²) in [4.78, 5) is 24.4. The number of aryl methyl sites for hydroxylation is 1. The molecule has 168 valence electrons. The first-order valence-electron chi connectivity index (χ1n) is 9.31. The largest absolute Gasteiger partial charge is 0.490 e. The van der Waals surface area contributed by atoms with Gasteiger partial charge < -0.3 is 24.4 Å². The Hall–Kier alpha value is -2.47. The quantitative estimate of drug-likeness (QED) is 0.755. The molecule has 3 atom stereocenters. The molecule has 9 nitrogen and oxygen atoms in total. The van der Waals surface area contributed by atoms with E-state index in [0.29, 0.717) is 6.54 Å². The summed E-state index contributed by atoms with van der Waals surface area (Å²) in [5.41, 5.74) is 0.897. The highest BCUT2D eigenvalue weighted by Gasteiger charge is 2.45. The van der Waals surface area contributed by atoms with E-state index in [4.69, 9.17) is 19.4 Å². The van der Waals surface area contributed by atoms with E-state index in [-0.39, 0.29) is 30.8 Å². The number of hydrogen-bond acceptors (Lipinski definition) is 7. The molecule has 0 bridgehead atoms. The molecule has 2 aliphatic rings. The highest BCUT2D eigenvalue weighted by Crippen LogP contribution is 2.33. The third kappa shape index (κ3) is 6.26. The second-order valence-electron chi connectivity index (χ2n) is 7.17.